The summed E-state index contributed by atoms with van der Waals surface area (Å²) in [6.07, 6.45) is 17.8. The fourth-order valence-corrected chi connectivity index (χ4v) is 4.52. The number of unbranched alkanes of at least 4 members (excludes halogenated alkanes) is 4. The lowest BCUT2D eigenvalue weighted by Gasteiger charge is -2.14. The van der Waals surface area contributed by atoms with E-state index in [-0.39, 0.29) is 0 Å². The highest BCUT2D eigenvalue weighted by atomic mass is 15.1. The van der Waals surface area contributed by atoms with Crippen molar-refractivity contribution in [3.8, 4) is 0 Å². The van der Waals surface area contributed by atoms with Gasteiger partial charge in [0, 0.05) is 11.8 Å². The van der Waals surface area contributed by atoms with Crippen LogP contribution in [0.15, 0.2) is 61.8 Å². The van der Waals surface area contributed by atoms with Gasteiger partial charge in [-0.15, -0.1) is 0 Å². The van der Waals surface area contributed by atoms with Crippen LogP contribution in [0.4, 0.5) is 11.6 Å². The lowest BCUT2D eigenvalue weighted by Crippen LogP contribution is -2.20. The molecule has 0 spiro atoms. The van der Waals surface area contributed by atoms with Crippen molar-refractivity contribution in [2.45, 2.75) is 51.9 Å². The molecular weight excluding hydrogens is 432 g/mol. The van der Waals surface area contributed by atoms with Crippen LogP contribution in [0.2, 0.25) is 0 Å². The van der Waals surface area contributed by atoms with Gasteiger partial charge in [0.15, 0.2) is 0 Å². The monoisotopic (exact) mass is 468 g/mol. The minimum absolute atomic E-state index is 0.512. The number of hydrogen-bond acceptors (Lipinski definition) is 6. The Morgan fingerprint density at radius 2 is 1.66 bits per heavy atom. The molecule has 6 heteroatoms. The van der Waals surface area contributed by atoms with Crippen molar-refractivity contribution in [2.75, 3.05) is 25.5 Å². The topological polar surface area (TPSA) is 66.8 Å². The van der Waals surface area contributed by atoms with E-state index in [1.165, 1.54) is 69.1 Å². The van der Waals surface area contributed by atoms with E-state index in [0.29, 0.717) is 5.95 Å². The molecule has 0 unspecified atom stereocenters. The Morgan fingerprint density at radius 3 is 2.43 bits per heavy atom. The number of aromatic nitrogens is 4. The zero-order valence-electron chi connectivity index (χ0n) is 21.0. The molecular formula is C29H36N6. The maximum atomic E-state index is 4.68. The maximum absolute atomic E-state index is 4.68. The molecule has 0 saturated heterocycles. The van der Waals surface area contributed by atoms with Gasteiger partial charge in [0.25, 0.3) is 0 Å². The zero-order chi connectivity index (χ0) is 24.5. The van der Waals surface area contributed by atoms with Crippen LogP contribution in [0.1, 0.15) is 67.8 Å². The average Bonchev–Trinajstić information content (AvgIpc) is 3.20. The summed E-state index contributed by atoms with van der Waals surface area (Å²) in [5.41, 5.74) is 7.22. The molecule has 0 aliphatic heterocycles. The van der Waals surface area contributed by atoms with Gasteiger partial charge in [-0.25, -0.2) is 19.9 Å². The second kappa shape index (κ2) is 12.4. The van der Waals surface area contributed by atoms with E-state index < -0.39 is 0 Å². The Balaban J connectivity index is 1.27. The number of rotatable bonds is 13. The molecule has 0 atom stereocenters. The van der Waals surface area contributed by atoms with E-state index in [4.69, 9.17) is 0 Å². The SMILES string of the molecule is C=C1C=C(c2ccc(CCCCCCCN(C)CCC)cc2)c2cnc(Nc3cncnc3)nc21. The highest BCUT2D eigenvalue weighted by Gasteiger charge is 2.21. The van der Waals surface area contributed by atoms with Crippen LogP contribution in [0, 0.1) is 0 Å². The van der Waals surface area contributed by atoms with Crippen molar-refractivity contribution >= 4 is 22.8 Å². The summed E-state index contributed by atoms with van der Waals surface area (Å²) in [4.78, 5) is 19.7. The van der Waals surface area contributed by atoms with E-state index in [0.717, 1.165) is 34.5 Å². The number of hydrogen-bond donors (Lipinski definition) is 1. The van der Waals surface area contributed by atoms with Crippen molar-refractivity contribution in [3.05, 3.63) is 84.2 Å². The van der Waals surface area contributed by atoms with Crippen molar-refractivity contribution in [2.24, 2.45) is 0 Å². The van der Waals surface area contributed by atoms with E-state index in [1.807, 2.05) is 6.20 Å². The highest BCUT2D eigenvalue weighted by Crippen LogP contribution is 2.37. The second-order valence-corrected chi connectivity index (χ2v) is 9.31. The molecule has 0 fully saturated rings. The summed E-state index contributed by atoms with van der Waals surface area (Å²) in [7, 11) is 2.23. The lowest BCUT2D eigenvalue weighted by atomic mass is 9.99. The van der Waals surface area contributed by atoms with Crippen molar-refractivity contribution < 1.29 is 0 Å². The number of nitrogens with zero attached hydrogens (tertiary/aromatic N) is 5. The zero-order valence-corrected chi connectivity index (χ0v) is 21.0. The van der Waals surface area contributed by atoms with Crippen LogP contribution in [0.5, 0.6) is 0 Å². The van der Waals surface area contributed by atoms with Gasteiger partial charge in [0.1, 0.15) is 6.33 Å². The van der Waals surface area contributed by atoms with E-state index in [1.54, 1.807) is 12.4 Å². The predicted octanol–water partition coefficient (Wildman–Crippen LogP) is 6.30. The standard InChI is InChI=1S/C29H36N6/c1-4-15-35(3)16-9-7-5-6-8-10-23-11-13-24(14-12-23)26-17-22(2)28-27(26)20-32-29(34-28)33-25-18-30-21-31-19-25/h11-14,17-21H,2,4-10,15-16H2,1,3H3,(H,32,33,34). The van der Waals surface area contributed by atoms with Crippen molar-refractivity contribution in [1.29, 1.82) is 0 Å². The summed E-state index contributed by atoms with van der Waals surface area (Å²) in [5.74, 6) is 0.512. The first-order valence-corrected chi connectivity index (χ1v) is 12.7. The molecule has 3 aromatic rings. The third kappa shape index (κ3) is 6.83. The van der Waals surface area contributed by atoms with Gasteiger partial charge in [-0.3, -0.25) is 0 Å². The molecule has 4 rings (SSSR count). The molecule has 2 heterocycles. The van der Waals surface area contributed by atoms with Crippen LogP contribution in [-0.2, 0) is 6.42 Å². The molecule has 0 bridgehead atoms. The van der Waals surface area contributed by atoms with E-state index in [9.17, 15) is 0 Å². The van der Waals surface area contributed by atoms with Crippen molar-refractivity contribution in [1.82, 2.24) is 24.8 Å². The van der Waals surface area contributed by atoms with Crippen LogP contribution in [0.3, 0.4) is 0 Å². The molecule has 1 aliphatic rings. The summed E-state index contributed by atoms with van der Waals surface area (Å²) >= 11 is 0. The Labute approximate surface area is 209 Å². The number of fused-ring (bicyclic) bond motifs is 1. The fourth-order valence-electron chi connectivity index (χ4n) is 4.52. The lowest BCUT2D eigenvalue weighted by molar-refractivity contribution is 0.324. The van der Waals surface area contributed by atoms with Crippen LogP contribution in [-0.4, -0.2) is 45.0 Å². The largest absolute Gasteiger partial charge is 0.322 e. The molecule has 0 amide bonds. The summed E-state index contributed by atoms with van der Waals surface area (Å²) in [6, 6.07) is 8.92. The van der Waals surface area contributed by atoms with Crippen LogP contribution < -0.4 is 5.32 Å². The third-order valence-electron chi connectivity index (χ3n) is 6.39. The Kier molecular flexibility index (Phi) is 8.74. The summed E-state index contributed by atoms with van der Waals surface area (Å²) in [6.45, 7) is 8.89. The molecule has 35 heavy (non-hydrogen) atoms. The summed E-state index contributed by atoms with van der Waals surface area (Å²) < 4.78 is 0. The smallest absolute Gasteiger partial charge is 0.227 e. The Bertz CT molecular complexity index is 1140. The molecule has 1 N–H and O–H groups in total. The molecule has 182 valence electrons. The summed E-state index contributed by atoms with van der Waals surface area (Å²) in [5, 5.41) is 3.15. The maximum Gasteiger partial charge on any atom is 0.227 e. The third-order valence-corrected chi connectivity index (χ3v) is 6.39. The van der Waals surface area contributed by atoms with Crippen LogP contribution in [0.25, 0.3) is 11.1 Å². The first-order chi connectivity index (χ1) is 17.1. The highest BCUT2D eigenvalue weighted by molar-refractivity contribution is 5.99. The molecule has 1 aliphatic carbocycles. The fraction of sp³-hybridized carbons (Fsp3) is 0.379. The molecule has 2 aromatic heterocycles. The quantitative estimate of drug-likeness (QED) is 0.297. The minimum Gasteiger partial charge on any atom is -0.322 e. The van der Waals surface area contributed by atoms with Crippen molar-refractivity contribution in [3.63, 3.8) is 0 Å². The number of benzene rings is 1. The normalized spacial score (nSPS) is 12.7. The van der Waals surface area contributed by atoms with Gasteiger partial charge < -0.3 is 10.2 Å². The number of allylic oxidation sites excluding steroid dienone is 2. The Morgan fingerprint density at radius 1 is 0.914 bits per heavy atom. The first kappa shape index (κ1) is 24.7. The minimum atomic E-state index is 0.512. The molecule has 0 saturated carbocycles. The van der Waals surface area contributed by atoms with E-state index in [2.05, 4.69) is 81.0 Å². The van der Waals surface area contributed by atoms with Gasteiger partial charge in [0.2, 0.25) is 5.95 Å². The molecule has 0 radical (unpaired) electrons. The van der Waals surface area contributed by atoms with E-state index >= 15 is 0 Å². The Hall–Kier alpha value is -3.38. The second-order valence-electron chi connectivity index (χ2n) is 9.31. The number of nitrogens with one attached hydrogen (secondary N) is 1. The predicted molar refractivity (Wildman–Crippen MR) is 144 cm³/mol. The number of aryl methyl sites for hydroxylation is 1. The first-order valence-electron chi connectivity index (χ1n) is 12.7. The number of anilines is 2. The van der Waals surface area contributed by atoms with Gasteiger partial charge >= 0.3 is 0 Å². The average molecular weight is 469 g/mol. The molecule has 1 aromatic carbocycles. The van der Waals surface area contributed by atoms with Gasteiger partial charge in [-0.2, -0.15) is 0 Å². The van der Waals surface area contributed by atoms with Crippen LogP contribution >= 0.6 is 0 Å². The van der Waals surface area contributed by atoms with Gasteiger partial charge in [-0.05, 0) is 74.2 Å². The van der Waals surface area contributed by atoms with Gasteiger partial charge in [-0.1, -0.05) is 57.0 Å². The molecule has 6 nitrogen and oxygen atoms in total. The van der Waals surface area contributed by atoms with Gasteiger partial charge in [0.05, 0.1) is 23.8 Å².